The highest BCUT2D eigenvalue weighted by molar-refractivity contribution is 7.22. The number of halogens is 1. The summed E-state index contributed by atoms with van der Waals surface area (Å²) in [5, 5.41) is 6.29. The van der Waals surface area contributed by atoms with E-state index < -0.39 is 0 Å². The molecule has 90 valence electrons. The molecule has 2 rings (SSSR count). The number of hydrogen-bond acceptors (Lipinski definition) is 4. The number of carbonyl (C=O) groups is 1. The van der Waals surface area contributed by atoms with Gasteiger partial charge in [0.1, 0.15) is 5.82 Å². The molecule has 0 aliphatic heterocycles. The average Bonchev–Trinajstić information content (AvgIpc) is 2.70. The average molecular weight is 253 g/mol. The molecule has 0 saturated heterocycles. The van der Waals surface area contributed by atoms with Crippen LogP contribution in [0.2, 0.25) is 0 Å². The smallest absolute Gasteiger partial charge is 0.221 e. The van der Waals surface area contributed by atoms with Crippen LogP contribution in [0.1, 0.15) is 6.42 Å². The van der Waals surface area contributed by atoms with E-state index in [2.05, 4.69) is 15.6 Å². The van der Waals surface area contributed by atoms with Crippen LogP contribution in [0.4, 0.5) is 9.52 Å². The minimum atomic E-state index is -0.266. The Bertz CT molecular complexity index is 540. The van der Waals surface area contributed by atoms with Crippen LogP contribution in [0.25, 0.3) is 10.2 Å². The molecule has 6 heteroatoms. The zero-order chi connectivity index (χ0) is 12.3. The second-order valence-corrected chi connectivity index (χ2v) is 4.51. The number of carbonyl (C=O) groups excluding carboxylic acids is 1. The molecule has 17 heavy (non-hydrogen) atoms. The number of thiazole rings is 1. The molecular weight excluding hydrogens is 241 g/mol. The second-order valence-electron chi connectivity index (χ2n) is 3.48. The quantitative estimate of drug-likeness (QED) is 0.876. The Balaban J connectivity index is 2.02. The summed E-state index contributed by atoms with van der Waals surface area (Å²) in [6.07, 6.45) is 0.390. The van der Waals surface area contributed by atoms with Gasteiger partial charge in [0, 0.05) is 20.0 Å². The molecule has 0 atom stereocenters. The molecule has 0 fully saturated rings. The predicted molar refractivity (Wildman–Crippen MR) is 66.8 cm³/mol. The van der Waals surface area contributed by atoms with Gasteiger partial charge in [-0.05, 0) is 18.2 Å². The van der Waals surface area contributed by atoms with Gasteiger partial charge in [0.15, 0.2) is 5.13 Å². The highest BCUT2D eigenvalue weighted by Gasteiger charge is 2.05. The highest BCUT2D eigenvalue weighted by Crippen LogP contribution is 2.26. The van der Waals surface area contributed by atoms with E-state index in [0.29, 0.717) is 18.1 Å². The van der Waals surface area contributed by atoms with Crippen molar-refractivity contribution in [2.75, 3.05) is 18.9 Å². The summed E-state index contributed by atoms with van der Waals surface area (Å²) in [5.74, 6) is -0.289. The van der Waals surface area contributed by atoms with Crippen molar-refractivity contribution in [2.24, 2.45) is 0 Å². The van der Waals surface area contributed by atoms with Gasteiger partial charge in [-0.15, -0.1) is 0 Å². The molecule has 1 heterocycles. The van der Waals surface area contributed by atoms with Crippen LogP contribution < -0.4 is 10.6 Å². The molecular formula is C11H12FN3OS. The first-order valence-electron chi connectivity index (χ1n) is 5.19. The van der Waals surface area contributed by atoms with Crippen LogP contribution in [0, 0.1) is 5.82 Å². The molecule has 2 N–H and O–H groups in total. The lowest BCUT2D eigenvalue weighted by Crippen LogP contribution is -2.20. The van der Waals surface area contributed by atoms with Crippen molar-refractivity contribution in [3.8, 4) is 0 Å². The summed E-state index contributed by atoms with van der Waals surface area (Å²) in [5.41, 5.74) is 0.763. The fourth-order valence-electron chi connectivity index (χ4n) is 1.38. The van der Waals surface area contributed by atoms with Gasteiger partial charge in [-0.3, -0.25) is 4.79 Å². The van der Waals surface area contributed by atoms with Crippen molar-refractivity contribution in [1.82, 2.24) is 10.3 Å². The SMILES string of the molecule is CNC(=O)CCNc1nc2ccc(F)cc2s1. The first-order valence-corrected chi connectivity index (χ1v) is 6.01. The minimum absolute atomic E-state index is 0.0235. The van der Waals surface area contributed by atoms with E-state index in [-0.39, 0.29) is 11.7 Å². The summed E-state index contributed by atoms with van der Waals surface area (Å²) in [4.78, 5) is 15.3. The first kappa shape index (κ1) is 11.8. The number of rotatable bonds is 4. The third kappa shape index (κ3) is 2.91. The van der Waals surface area contributed by atoms with E-state index in [9.17, 15) is 9.18 Å². The van der Waals surface area contributed by atoms with Gasteiger partial charge in [0.25, 0.3) is 0 Å². The van der Waals surface area contributed by atoms with Gasteiger partial charge in [-0.1, -0.05) is 11.3 Å². The Morgan fingerprint density at radius 2 is 2.35 bits per heavy atom. The molecule has 0 bridgehead atoms. The number of fused-ring (bicyclic) bond motifs is 1. The van der Waals surface area contributed by atoms with E-state index in [0.717, 1.165) is 10.2 Å². The predicted octanol–water partition coefficient (Wildman–Crippen LogP) is 1.98. The minimum Gasteiger partial charge on any atom is -0.361 e. The maximum Gasteiger partial charge on any atom is 0.221 e. The fraction of sp³-hybridized carbons (Fsp3) is 0.273. The third-order valence-electron chi connectivity index (χ3n) is 2.26. The number of nitrogens with one attached hydrogen (secondary N) is 2. The monoisotopic (exact) mass is 253 g/mol. The Morgan fingerprint density at radius 1 is 1.53 bits per heavy atom. The van der Waals surface area contributed by atoms with Crippen LogP contribution >= 0.6 is 11.3 Å². The maximum absolute atomic E-state index is 13.0. The second kappa shape index (κ2) is 5.09. The van der Waals surface area contributed by atoms with Gasteiger partial charge < -0.3 is 10.6 Å². The van der Waals surface area contributed by atoms with E-state index >= 15 is 0 Å². The van der Waals surface area contributed by atoms with Crippen LogP contribution in [0.15, 0.2) is 18.2 Å². The molecule has 2 aromatic rings. The highest BCUT2D eigenvalue weighted by atomic mass is 32.1. The van der Waals surface area contributed by atoms with E-state index in [1.54, 1.807) is 13.1 Å². The van der Waals surface area contributed by atoms with Gasteiger partial charge in [0.2, 0.25) is 5.91 Å². The van der Waals surface area contributed by atoms with Crippen molar-refractivity contribution < 1.29 is 9.18 Å². The topological polar surface area (TPSA) is 54.0 Å². The fourth-order valence-corrected chi connectivity index (χ4v) is 2.30. The molecule has 0 unspecified atom stereocenters. The van der Waals surface area contributed by atoms with Crippen LogP contribution in [-0.2, 0) is 4.79 Å². The lowest BCUT2D eigenvalue weighted by atomic mass is 10.3. The number of benzene rings is 1. The largest absolute Gasteiger partial charge is 0.361 e. The van der Waals surface area contributed by atoms with E-state index in [4.69, 9.17) is 0 Å². The third-order valence-corrected chi connectivity index (χ3v) is 3.23. The Hall–Kier alpha value is -1.69. The van der Waals surface area contributed by atoms with Crippen molar-refractivity contribution in [2.45, 2.75) is 6.42 Å². The van der Waals surface area contributed by atoms with Crippen molar-refractivity contribution >= 4 is 32.6 Å². The van der Waals surface area contributed by atoms with Gasteiger partial charge in [-0.2, -0.15) is 0 Å². The summed E-state index contributed by atoms with van der Waals surface area (Å²) in [7, 11) is 1.60. The molecule has 0 aliphatic carbocycles. The zero-order valence-electron chi connectivity index (χ0n) is 9.29. The lowest BCUT2D eigenvalue weighted by Gasteiger charge is -2.00. The van der Waals surface area contributed by atoms with Crippen molar-refractivity contribution in [3.05, 3.63) is 24.0 Å². The van der Waals surface area contributed by atoms with Gasteiger partial charge in [-0.25, -0.2) is 9.37 Å². The number of anilines is 1. The number of hydrogen-bond donors (Lipinski definition) is 2. The molecule has 1 amide bonds. The van der Waals surface area contributed by atoms with Gasteiger partial charge >= 0.3 is 0 Å². The molecule has 1 aromatic heterocycles. The Labute approximate surface area is 102 Å². The Kier molecular flexibility index (Phi) is 3.53. The zero-order valence-corrected chi connectivity index (χ0v) is 10.1. The van der Waals surface area contributed by atoms with Crippen molar-refractivity contribution in [1.29, 1.82) is 0 Å². The van der Waals surface area contributed by atoms with Crippen molar-refractivity contribution in [3.63, 3.8) is 0 Å². The maximum atomic E-state index is 13.0. The number of aromatic nitrogens is 1. The molecule has 0 spiro atoms. The molecule has 0 saturated carbocycles. The normalized spacial score (nSPS) is 10.5. The molecule has 4 nitrogen and oxygen atoms in total. The summed E-state index contributed by atoms with van der Waals surface area (Å²) in [6.45, 7) is 0.516. The lowest BCUT2D eigenvalue weighted by molar-refractivity contribution is -0.120. The molecule has 1 aromatic carbocycles. The van der Waals surface area contributed by atoms with Gasteiger partial charge in [0.05, 0.1) is 10.2 Å². The number of nitrogens with zero attached hydrogens (tertiary/aromatic N) is 1. The van der Waals surface area contributed by atoms with Crippen LogP contribution in [-0.4, -0.2) is 24.5 Å². The summed E-state index contributed by atoms with van der Waals surface area (Å²) < 4.78 is 13.8. The Morgan fingerprint density at radius 3 is 3.12 bits per heavy atom. The molecule has 0 aliphatic rings. The summed E-state index contributed by atoms with van der Waals surface area (Å²) >= 11 is 1.38. The first-order chi connectivity index (χ1) is 8.19. The standard InChI is InChI=1S/C11H12FN3OS/c1-13-10(16)4-5-14-11-15-8-3-2-7(12)6-9(8)17-11/h2-3,6H,4-5H2,1H3,(H,13,16)(H,14,15). The molecule has 0 radical (unpaired) electrons. The van der Waals surface area contributed by atoms with E-state index in [1.807, 2.05) is 0 Å². The summed E-state index contributed by atoms with van der Waals surface area (Å²) in [6, 6.07) is 4.48. The van der Waals surface area contributed by atoms with Crippen LogP contribution in [0.5, 0.6) is 0 Å². The van der Waals surface area contributed by atoms with Crippen LogP contribution in [0.3, 0.4) is 0 Å². The number of amides is 1. The van der Waals surface area contributed by atoms with E-state index in [1.165, 1.54) is 23.5 Å².